The number of hydrogen-bond donors (Lipinski definition) is 1. The van der Waals surface area contributed by atoms with Crippen LogP contribution in [-0.2, 0) is 22.6 Å². The molecule has 0 amide bonds. The van der Waals surface area contributed by atoms with Crippen molar-refractivity contribution in [2.75, 3.05) is 0 Å². The highest BCUT2D eigenvalue weighted by atomic mass is 16.6. The normalized spacial score (nSPS) is 11.9. The molecule has 0 aliphatic heterocycles. The minimum absolute atomic E-state index is 0.0622. The van der Waals surface area contributed by atoms with E-state index >= 15 is 0 Å². The number of hydrogen-bond acceptors (Lipinski definition) is 6. The summed E-state index contributed by atoms with van der Waals surface area (Å²) in [4.78, 5) is 24.0. The summed E-state index contributed by atoms with van der Waals surface area (Å²) in [5, 5.41) is 10.6. The lowest BCUT2D eigenvalue weighted by atomic mass is 10.0. The van der Waals surface area contributed by atoms with Crippen molar-refractivity contribution >= 4 is 16.9 Å². The largest absolute Gasteiger partial charge is 0.508 e. The van der Waals surface area contributed by atoms with E-state index in [0.29, 0.717) is 28.7 Å². The Hall–Kier alpha value is -3.28. The second-order valence-corrected chi connectivity index (χ2v) is 6.10. The standard InChI is InChI=1S/C21H20O6/c1-3-14-9-17-15(10-20(23)27-19(17)11-18(14)22)12-25-21(24)13(2)26-16-7-5-4-6-8-16/h4-11,13,22H,3,12H2,1-2H3/t13-/m1/s1. The summed E-state index contributed by atoms with van der Waals surface area (Å²) in [5.41, 5.74) is 0.892. The molecule has 0 radical (unpaired) electrons. The monoisotopic (exact) mass is 368 g/mol. The Morgan fingerprint density at radius 1 is 1.15 bits per heavy atom. The molecular formula is C21H20O6. The van der Waals surface area contributed by atoms with Crippen molar-refractivity contribution in [2.45, 2.75) is 33.0 Å². The third-order valence-corrected chi connectivity index (χ3v) is 4.17. The molecule has 2 aromatic carbocycles. The third kappa shape index (κ3) is 4.28. The van der Waals surface area contributed by atoms with Gasteiger partial charge in [0, 0.05) is 23.1 Å². The van der Waals surface area contributed by atoms with Crippen LogP contribution in [0.25, 0.3) is 11.0 Å². The quantitative estimate of drug-likeness (QED) is 0.529. The Kier molecular flexibility index (Phi) is 5.45. The van der Waals surface area contributed by atoms with Gasteiger partial charge < -0.3 is 19.0 Å². The second-order valence-electron chi connectivity index (χ2n) is 6.10. The van der Waals surface area contributed by atoms with Crippen LogP contribution >= 0.6 is 0 Å². The van der Waals surface area contributed by atoms with Crippen LogP contribution in [0.4, 0.5) is 0 Å². The Morgan fingerprint density at radius 2 is 1.89 bits per heavy atom. The van der Waals surface area contributed by atoms with E-state index in [2.05, 4.69) is 0 Å². The Bertz CT molecular complexity index is 1010. The van der Waals surface area contributed by atoms with Crippen molar-refractivity contribution in [3.05, 3.63) is 70.1 Å². The summed E-state index contributed by atoms with van der Waals surface area (Å²) < 4.78 is 16.0. The third-order valence-electron chi connectivity index (χ3n) is 4.17. The van der Waals surface area contributed by atoms with Gasteiger partial charge in [0.25, 0.3) is 0 Å². The van der Waals surface area contributed by atoms with Crippen LogP contribution in [-0.4, -0.2) is 17.2 Å². The molecule has 1 atom stereocenters. The van der Waals surface area contributed by atoms with Crippen LogP contribution in [0, 0.1) is 0 Å². The van der Waals surface area contributed by atoms with Gasteiger partial charge in [0.2, 0.25) is 0 Å². The molecule has 27 heavy (non-hydrogen) atoms. The lowest BCUT2D eigenvalue weighted by Gasteiger charge is -2.14. The summed E-state index contributed by atoms with van der Waals surface area (Å²) in [6.45, 7) is 3.40. The molecule has 3 aromatic rings. The van der Waals surface area contributed by atoms with Gasteiger partial charge >= 0.3 is 11.6 Å². The van der Waals surface area contributed by atoms with Crippen molar-refractivity contribution in [2.24, 2.45) is 0 Å². The van der Waals surface area contributed by atoms with Gasteiger partial charge in [-0.1, -0.05) is 25.1 Å². The molecule has 0 fully saturated rings. The molecule has 3 rings (SSSR count). The van der Waals surface area contributed by atoms with E-state index < -0.39 is 17.7 Å². The van der Waals surface area contributed by atoms with E-state index in [1.54, 1.807) is 25.1 Å². The summed E-state index contributed by atoms with van der Waals surface area (Å²) in [6, 6.07) is 13.4. The molecule has 6 heteroatoms. The average Bonchev–Trinajstić information content (AvgIpc) is 2.65. The van der Waals surface area contributed by atoms with Gasteiger partial charge in [-0.15, -0.1) is 0 Å². The Morgan fingerprint density at radius 3 is 2.59 bits per heavy atom. The number of phenolic OH excluding ortho intramolecular Hbond substituents is 1. The molecule has 0 saturated heterocycles. The zero-order chi connectivity index (χ0) is 19.4. The molecule has 0 bridgehead atoms. The van der Waals surface area contributed by atoms with E-state index in [1.807, 2.05) is 25.1 Å². The van der Waals surface area contributed by atoms with Crippen molar-refractivity contribution in [1.82, 2.24) is 0 Å². The van der Waals surface area contributed by atoms with Crippen molar-refractivity contribution < 1.29 is 23.8 Å². The number of fused-ring (bicyclic) bond motifs is 1. The van der Waals surface area contributed by atoms with Crippen LogP contribution in [0.1, 0.15) is 25.0 Å². The number of ether oxygens (including phenoxy) is 2. The van der Waals surface area contributed by atoms with Gasteiger partial charge in [-0.2, -0.15) is 0 Å². The number of carbonyl (C=O) groups is 1. The lowest BCUT2D eigenvalue weighted by molar-refractivity contribution is -0.152. The van der Waals surface area contributed by atoms with E-state index in [1.165, 1.54) is 12.1 Å². The van der Waals surface area contributed by atoms with Gasteiger partial charge in [0.15, 0.2) is 6.10 Å². The maximum absolute atomic E-state index is 12.2. The van der Waals surface area contributed by atoms with E-state index in [4.69, 9.17) is 13.9 Å². The average molecular weight is 368 g/mol. The van der Waals surface area contributed by atoms with Crippen LogP contribution in [0.3, 0.4) is 0 Å². The second kappa shape index (κ2) is 7.95. The molecular weight excluding hydrogens is 348 g/mol. The molecule has 0 unspecified atom stereocenters. The molecule has 1 N–H and O–H groups in total. The minimum atomic E-state index is -0.797. The number of para-hydroxylation sites is 1. The van der Waals surface area contributed by atoms with E-state index in [-0.39, 0.29) is 17.9 Å². The first kappa shape index (κ1) is 18.5. The fourth-order valence-corrected chi connectivity index (χ4v) is 2.73. The van der Waals surface area contributed by atoms with Crippen molar-refractivity contribution in [1.29, 1.82) is 0 Å². The van der Waals surface area contributed by atoms with Crippen molar-refractivity contribution in [3.8, 4) is 11.5 Å². The highest BCUT2D eigenvalue weighted by Gasteiger charge is 2.18. The maximum Gasteiger partial charge on any atom is 0.347 e. The molecule has 0 spiro atoms. The number of carbonyl (C=O) groups excluding carboxylic acids is 1. The highest BCUT2D eigenvalue weighted by Crippen LogP contribution is 2.27. The van der Waals surface area contributed by atoms with E-state index in [9.17, 15) is 14.7 Å². The number of aryl methyl sites for hydroxylation is 1. The first-order chi connectivity index (χ1) is 13.0. The smallest absolute Gasteiger partial charge is 0.347 e. The molecule has 6 nitrogen and oxygen atoms in total. The highest BCUT2D eigenvalue weighted by molar-refractivity contribution is 5.83. The SMILES string of the molecule is CCc1cc2c(COC(=O)[C@@H](C)Oc3ccccc3)cc(=O)oc2cc1O. The van der Waals surface area contributed by atoms with Gasteiger partial charge in [0.05, 0.1) is 0 Å². The minimum Gasteiger partial charge on any atom is -0.508 e. The van der Waals surface area contributed by atoms with Crippen LogP contribution < -0.4 is 10.4 Å². The predicted molar refractivity (Wildman–Crippen MR) is 99.9 cm³/mol. The maximum atomic E-state index is 12.2. The van der Waals surface area contributed by atoms with Gasteiger partial charge in [-0.3, -0.25) is 0 Å². The predicted octanol–water partition coefficient (Wildman–Crippen LogP) is 3.57. The summed E-state index contributed by atoms with van der Waals surface area (Å²) in [7, 11) is 0. The fourth-order valence-electron chi connectivity index (χ4n) is 2.73. The molecule has 1 heterocycles. The molecule has 140 valence electrons. The number of benzene rings is 2. The first-order valence-electron chi connectivity index (χ1n) is 8.65. The fraction of sp³-hybridized carbons (Fsp3) is 0.238. The summed E-state index contributed by atoms with van der Waals surface area (Å²) >= 11 is 0. The topological polar surface area (TPSA) is 86.0 Å². The summed E-state index contributed by atoms with van der Waals surface area (Å²) in [6.07, 6.45) is -0.184. The Balaban J connectivity index is 1.78. The van der Waals surface area contributed by atoms with Gasteiger partial charge in [-0.25, -0.2) is 9.59 Å². The number of aromatic hydroxyl groups is 1. The number of esters is 1. The molecule has 0 aliphatic rings. The summed E-state index contributed by atoms with van der Waals surface area (Å²) in [5.74, 6) is 0.0812. The van der Waals surface area contributed by atoms with Gasteiger partial charge in [-0.05, 0) is 37.1 Å². The molecule has 0 aliphatic carbocycles. The van der Waals surface area contributed by atoms with Crippen LogP contribution in [0.15, 0.2) is 57.7 Å². The Labute approximate surface area is 156 Å². The van der Waals surface area contributed by atoms with Gasteiger partial charge in [0.1, 0.15) is 23.7 Å². The van der Waals surface area contributed by atoms with Crippen LogP contribution in [0.5, 0.6) is 11.5 Å². The zero-order valence-electron chi connectivity index (χ0n) is 15.1. The van der Waals surface area contributed by atoms with E-state index in [0.717, 1.165) is 0 Å². The molecule has 1 aromatic heterocycles. The zero-order valence-corrected chi connectivity index (χ0v) is 15.1. The van der Waals surface area contributed by atoms with Crippen LogP contribution in [0.2, 0.25) is 0 Å². The lowest BCUT2D eigenvalue weighted by Crippen LogP contribution is -2.26. The molecule has 0 saturated carbocycles. The first-order valence-corrected chi connectivity index (χ1v) is 8.65. The number of phenols is 1. The number of rotatable bonds is 6. The van der Waals surface area contributed by atoms with Crippen molar-refractivity contribution in [3.63, 3.8) is 0 Å².